The minimum absolute atomic E-state index is 0.271. The van der Waals surface area contributed by atoms with Crippen LogP contribution in [0.1, 0.15) is 28.5 Å². The maximum atomic E-state index is 13.3. The van der Waals surface area contributed by atoms with Crippen LogP contribution in [0.4, 0.5) is 13.2 Å². The summed E-state index contributed by atoms with van der Waals surface area (Å²) in [6.45, 7) is -0.322. The Morgan fingerprint density at radius 1 is 0.800 bits per heavy atom. The lowest BCUT2D eigenvalue weighted by Gasteiger charge is -2.37. The number of halogens is 3. The molecule has 208 valence electrons. The van der Waals surface area contributed by atoms with Gasteiger partial charge in [-0.05, 0) is 16.7 Å². The second kappa shape index (κ2) is 10.9. The highest BCUT2D eigenvalue weighted by atomic mass is 19.4. The summed E-state index contributed by atoms with van der Waals surface area (Å²) >= 11 is 0. The smallest absolute Gasteiger partial charge is 0.387 e. The normalized spacial score (nSPS) is 21.4. The second-order valence-corrected chi connectivity index (χ2v) is 9.34. The molecule has 1 aliphatic rings. The quantitative estimate of drug-likeness (QED) is 0.303. The van der Waals surface area contributed by atoms with Crippen LogP contribution in [-0.2, 0) is 21.3 Å². The molecule has 2 heterocycles. The van der Waals surface area contributed by atoms with Gasteiger partial charge in [0.2, 0.25) is 0 Å². The van der Waals surface area contributed by atoms with Crippen LogP contribution in [0.25, 0.3) is 0 Å². The molecule has 40 heavy (non-hydrogen) atoms. The van der Waals surface area contributed by atoms with Gasteiger partial charge in [0.1, 0.15) is 29.5 Å². The summed E-state index contributed by atoms with van der Waals surface area (Å²) in [7, 11) is 0. The SMILES string of the molecule is O=c1[nH]c(=O)n([C@@H]2O[C@H](COC(c3ccccc3)(c3ccccc3)c3ccccc3)[C@@H](O)[C@H]2O)cc1C(F)(F)F. The molecule has 0 aliphatic carbocycles. The van der Waals surface area contributed by atoms with Crippen molar-refractivity contribution >= 4 is 0 Å². The van der Waals surface area contributed by atoms with Gasteiger partial charge in [-0.1, -0.05) is 91.0 Å². The number of H-pyrrole nitrogens is 1. The standard InChI is InChI=1S/C29H25F3N2O6/c30-29(31,32)21-16-34(27(38)33-25(21)37)26-24(36)23(35)22(40-26)17-39-28(18-10-4-1-5-11-18,19-12-6-2-7-13-19)20-14-8-3-9-15-20/h1-16,22-24,26,35-36H,17H2,(H,33,37,38)/t22-,23-,24-,26-/m1/s1. The third-order valence-corrected chi connectivity index (χ3v) is 6.89. The van der Waals surface area contributed by atoms with Crippen LogP contribution in [0.2, 0.25) is 0 Å². The highest BCUT2D eigenvalue weighted by molar-refractivity contribution is 5.47. The first-order valence-electron chi connectivity index (χ1n) is 12.4. The van der Waals surface area contributed by atoms with Gasteiger partial charge in [-0.15, -0.1) is 0 Å². The number of rotatable bonds is 7. The topological polar surface area (TPSA) is 114 Å². The molecule has 4 atom stereocenters. The predicted molar refractivity (Wildman–Crippen MR) is 137 cm³/mol. The number of ether oxygens (including phenoxy) is 2. The van der Waals surface area contributed by atoms with E-state index in [-0.39, 0.29) is 12.8 Å². The van der Waals surface area contributed by atoms with E-state index in [1.807, 2.05) is 91.0 Å². The van der Waals surface area contributed by atoms with Crippen molar-refractivity contribution in [1.29, 1.82) is 0 Å². The number of aliphatic hydroxyl groups is 2. The zero-order valence-corrected chi connectivity index (χ0v) is 20.9. The molecule has 0 bridgehead atoms. The first kappa shape index (κ1) is 27.5. The van der Waals surface area contributed by atoms with E-state index in [0.29, 0.717) is 4.57 Å². The highest BCUT2D eigenvalue weighted by Gasteiger charge is 2.47. The maximum Gasteiger partial charge on any atom is 0.423 e. The van der Waals surface area contributed by atoms with E-state index in [1.54, 1.807) is 4.98 Å². The van der Waals surface area contributed by atoms with E-state index in [1.165, 1.54) is 0 Å². The van der Waals surface area contributed by atoms with Crippen LogP contribution < -0.4 is 11.2 Å². The van der Waals surface area contributed by atoms with Crippen LogP contribution in [-0.4, -0.2) is 44.7 Å². The number of aromatic amines is 1. The van der Waals surface area contributed by atoms with E-state index >= 15 is 0 Å². The number of aromatic nitrogens is 2. The van der Waals surface area contributed by atoms with Crippen LogP contribution in [0.5, 0.6) is 0 Å². The molecule has 0 radical (unpaired) electrons. The van der Waals surface area contributed by atoms with Gasteiger partial charge < -0.3 is 19.7 Å². The molecule has 1 aliphatic heterocycles. The molecule has 4 aromatic rings. The summed E-state index contributed by atoms with van der Waals surface area (Å²) in [6.07, 6.45) is -11.2. The monoisotopic (exact) mass is 554 g/mol. The molecule has 11 heteroatoms. The lowest BCUT2D eigenvalue weighted by molar-refractivity contribution is -0.140. The number of hydrogen-bond acceptors (Lipinski definition) is 6. The molecule has 0 amide bonds. The minimum atomic E-state index is -5.06. The number of hydrogen-bond donors (Lipinski definition) is 3. The summed E-state index contributed by atoms with van der Waals surface area (Å²) in [4.78, 5) is 25.7. The largest absolute Gasteiger partial charge is 0.423 e. The van der Waals surface area contributed by atoms with Crippen molar-refractivity contribution in [2.45, 2.75) is 36.3 Å². The van der Waals surface area contributed by atoms with Gasteiger partial charge in [-0.25, -0.2) is 4.79 Å². The maximum absolute atomic E-state index is 13.3. The Morgan fingerprint density at radius 3 is 1.73 bits per heavy atom. The molecule has 0 saturated carbocycles. The fourth-order valence-electron chi connectivity index (χ4n) is 4.95. The molecule has 0 spiro atoms. The fraction of sp³-hybridized carbons (Fsp3) is 0.241. The van der Waals surface area contributed by atoms with Gasteiger partial charge in [0.05, 0.1) is 6.61 Å². The molecule has 3 aromatic carbocycles. The van der Waals surface area contributed by atoms with E-state index in [4.69, 9.17) is 9.47 Å². The first-order chi connectivity index (χ1) is 19.1. The van der Waals surface area contributed by atoms with Crippen LogP contribution in [0, 0.1) is 0 Å². The Morgan fingerprint density at radius 2 is 1.27 bits per heavy atom. The number of benzene rings is 3. The summed E-state index contributed by atoms with van der Waals surface area (Å²) in [5.74, 6) is 0. The predicted octanol–water partition coefficient (Wildman–Crippen LogP) is 3.18. The van der Waals surface area contributed by atoms with Crippen molar-refractivity contribution in [3.8, 4) is 0 Å². The first-order valence-corrected chi connectivity index (χ1v) is 12.4. The molecule has 5 rings (SSSR count). The van der Waals surface area contributed by atoms with E-state index < -0.39 is 53.1 Å². The second-order valence-electron chi connectivity index (χ2n) is 9.34. The van der Waals surface area contributed by atoms with Gasteiger partial charge in [-0.2, -0.15) is 13.2 Å². The number of nitrogens with zero attached hydrogens (tertiary/aromatic N) is 1. The van der Waals surface area contributed by atoms with Crippen molar-refractivity contribution < 1.29 is 32.9 Å². The summed E-state index contributed by atoms with van der Waals surface area (Å²) in [6, 6.07) is 27.9. The average molecular weight is 555 g/mol. The van der Waals surface area contributed by atoms with E-state index in [0.717, 1.165) is 16.7 Å². The Kier molecular flexibility index (Phi) is 7.47. The zero-order chi connectivity index (χ0) is 28.5. The Balaban J connectivity index is 1.52. The fourth-order valence-corrected chi connectivity index (χ4v) is 4.95. The molecule has 1 saturated heterocycles. The zero-order valence-electron chi connectivity index (χ0n) is 20.9. The van der Waals surface area contributed by atoms with Crippen molar-refractivity contribution in [1.82, 2.24) is 9.55 Å². The molecule has 1 fully saturated rings. The van der Waals surface area contributed by atoms with Gasteiger partial charge in [0.25, 0.3) is 5.56 Å². The third-order valence-electron chi connectivity index (χ3n) is 6.89. The van der Waals surface area contributed by atoms with Crippen molar-refractivity contribution in [3.05, 3.63) is 140 Å². The van der Waals surface area contributed by atoms with Crippen LogP contribution in [0.15, 0.2) is 107 Å². The molecule has 1 aromatic heterocycles. The Labute approximate surface area is 225 Å². The number of alkyl halides is 3. The van der Waals surface area contributed by atoms with Gasteiger partial charge in [0, 0.05) is 6.20 Å². The van der Waals surface area contributed by atoms with E-state index in [9.17, 15) is 33.0 Å². The van der Waals surface area contributed by atoms with Crippen molar-refractivity contribution in [3.63, 3.8) is 0 Å². The number of nitrogens with one attached hydrogen (secondary N) is 1. The summed E-state index contributed by atoms with van der Waals surface area (Å²) in [5.41, 5.74) is -3.44. The van der Waals surface area contributed by atoms with Crippen LogP contribution >= 0.6 is 0 Å². The van der Waals surface area contributed by atoms with E-state index in [2.05, 4.69) is 0 Å². The molecule has 0 unspecified atom stereocenters. The van der Waals surface area contributed by atoms with Crippen LogP contribution in [0.3, 0.4) is 0 Å². The van der Waals surface area contributed by atoms with Gasteiger partial charge in [0.15, 0.2) is 6.23 Å². The highest BCUT2D eigenvalue weighted by Crippen LogP contribution is 2.41. The van der Waals surface area contributed by atoms with Crippen molar-refractivity contribution in [2.24, 2.45) is 0 Å². The minimum Gasteiger partial charge on any atom is -0.387 e. The average Bonchev–Trinajstić information content (AvgIpc) is 3.23. The van der Waals surface area contributed by atoms with Gasteiger partial charge >= 0.3 is 11.9 Å². The lowest BCUT2D eigenvalue weighted by atomic mass is 9.80. The Hall–Kier alpha value is -4.03. The third kappa shape index (κ3) is 5.00. The summed E-state index contributed by atoms with van der Waals surface area (Å²) in [5, 5.41) is 21.5. The van der Waals surface area contributed by atoms with Crippen molar-refractivity contribution in [2.75, 3.05) is 6.61 Å². The lowest BCUT2D eigenvalue weighted by Crippen LogP contribution is -2.40. The number of aliphatic hydroxyl groups excluding tert-OH is 2. The molecular weight excluding hydrogens is 529 g/mol. The van der Waals surface area contributed by atoms with Gasteiger partial charge in [-0.3, -0.25) is 14.3 Å². The Bertz CT molecular complexity index is 1460. The summed E-state index contributed by atoms with van der Waals surface area (Å²) < 4.78 is 52.7. The molecular formula is C29H25F3N2O6. The molecule has 3 N–H and O–H groups in total. The molecule has 8 nitrogen and oxygen atoms in total.